The Labute approximate surface area is 236 Å². The van der Waals surface area contributed by atoms with E-state index in [0.29, 0.717) is 27.9 Å². The zero-order valence-corrected chi connectivity index (χ0v) is 22.6. The molecule has 0 bridgehead atoms. The minimum atomic E-state index is -0.857. The summed E-state index contributed by atoms with van der Waals surface area (Å²) in [7, 11) is 0. The van der Waals surface area contributed by atoms with Crippen LogP contribution in [0.2, 0.25) is 0 Å². The fourth-order valence-corrected chi connectivity index (χ4v) is 4.97. The van der Waals surface area contributed by atoms with Crippen molar-refractivity contribution in [2.45, 2.75) is 12.6 Å². The van der Waals surface area contributed by atoms with Gasteiger partial charge in [0, 0.05) is 28.5 Å². The van der Waals surface area contributed by atoms with Crippen LogP contribution in [0.4, 0.5) is 15.1 Å². The molecule has 12 heteroatoms. The van der Waals surface area contributed by atoms with E-state index in [2.05, 4.69) is 36.6 Å². The van der Waals surface area contributed by atoms with Gasteiger partial charge in [0.15, 0.2) is 11.5 Å². The summed E-state index contributed by atoms with van der Waals surface area (Å²) in [5, 5.41) is 11.3. The van der Waals surface area contributed by atoms with E-state index in [0.717, 1.165) is 10.0 Å². The quantitative estimate of drug-likeness (QED) is 0.306. The molecule has 1 atom stereocenters. The number of hydrogen-bond acceptors (Lipinski definition) is 7. The number of aromatic nitrogens is 4. The predicted molar refractivity (Wildman–Crippen MR) is 150 cm³/mol. The van der Waals surface area contributed by atoms with Crippen molar-refractivity contribution in [2.75, 3.05) is 25.0 Å². The van der Waals surface area contributed by atoms with Crippen LogP contribution in [0.5, 0.6) is 0 Å². The third-order valence-corrected chi connectivity index (χ3v) is 7.14. The third-order valence-electron chi connectivity index (χ3n) is 6.50. The normalized spacial score (nSPS) is 15.6. The summed E-state index contributed by atoms with van der Waals surface area (Å²) in [4.78, 5) is 36.8. The molecule has 1 fully saturated rings. The highest BCUT2D eigenvalue weighted by Crippen LogP contribution is 2.29. The van der Waals surface area contributed by atoms with Gasteiger partial charge in [0.1, 0.15) is 18.5 Å². The molecule has 2 N–H and O–H groups in total. The molecule has 1 saturated heterocycles. The van der Waals surface area contributed by atoms with Crippen LogP contribution >= 0.6 is 15.9 Å². The maximum Gasteiger partial charge on any atom is 0.410 e. The molecule has 10 nitrogen and oxygen atoms in total. The summed E-state index contributed by atoms with van der Waals surface area (Å²) in [6, 6.07) is 20.1. The van der Waals surface area contributed by atoms with E-state index in [1.165, 1.54) is 21.5 Å². The smallest absolute Gasteiger partial charge is 0.410 e. The van der Waals surface area contributed by atoms with Crippen LogP contribution < -0.4 is 10.6 Å². The van der Waals surface area contributed by atoms with Crippen molar-refractivity contribution in [2.24, 2.45) is 0 Å². The van der Waals surface area contributed by atoms with E-state index < -0.39 is 18.0 Å². The molecule has 1 aliphatic rings. The Hall–Kier alpha value is -4.58. The molecule has 40 heavy (non-hydrogen) atoms. The first-order valence-corrected chi connectivity index (χ1v) is 13.4. The zero-order chi connectivity index (χ0) is 27.6. The van der Waals surface area contributed by atoms with Gasteiger partial charge in [-0.15, -0.1) is 5.10 Å². The molecule has 2 aromatic heterocycles. The molecule has 0 spiro atoms. The largest absolute Gasteiger partial charge is 0.445 e. The van der Waals surface area contributed by atoms with Crippen LogP contribution in [0.25, 0.3) is 27.9 Å². The molecule has 0 radical (unpaired) electrons. The van der Waals surface area contributed by atoms with Gasteiger partial charge in [-0.25, -0.2) is 19.2 Å². The molecular formula is C28H23BrFN7O3. The first-order valence-electron chi connectivity index (χ1n) is 12.6. The number of para-hydroxylation sites is 1. The number of ether oxygens (including phenoxy) is 1. The Morgan fingerprint density at radius 1 is 1.10 bits per heavy atom. The van der Waals surface area contributed by atoms with Gasteiger partial charge in [-0.05, 0) is 45.8 Å². The number of nitrogens with zero attached hydrogens (tertiary/aromatic N) is 5. The van der Waals surface area contributed by atoms with Gasteiger partial charge in [-0.3, -0.25) is 4.79 Å². The van der Waals surface area contributed by atoms with Crippen molar-refractivity contribution in [1.82, 2.24) is 29.8 Å². The Morgan fingerprint density at radius 3 is 2.75 bits per heavy atom. The van der Waals surface area contributed by atoms with E-state index in [4.69, 9.17) is 9.72 Å². The lowest BCUT2D eigenvalue weighted by molar-refractivity contribution is -0.121. The minimum Gasteiger partial charge on any atom is -0.445 e. The summed E-state index contributed by atoms with van der Waals surface area (Å²) in [5.41, 5.74) is 2.44. The second-order valence-electron chi connectivity index (χ2n) is 9.23. The van der Waals surface area contributed by atoms with Gasteiger partial charge in [0.25, 0.3) is 0 Å². The Bertz CT molecular complexity index is 1730. The predicted octanol–water partition coefficient (Wildman–Crippen LogP) is 4.40. The molecule has 6 rings (SSSR count). The van der Waals surface area contributed by atoms with Gasteiger partial charge < -0.3 is 20.3 Å². The van der Waals surface area contributed by atoms with Gasteiger partial charge in [0.2, 0.25) is 11.9 Å². The van der Waals surface area contributed by atoms with Gasteiger partial charge in [-0.2, -0.15) is 4.52 Å². The summed E-state index contributed by atoms with van der Waals surface area (Å²) < 4.78 is 21.7. The second-order valence-corrected chi connectivity index (χ2v) is 10.1. The van der Waals surface area contributed by atoms with Crippen LogP contribution in [-0.4, -0.2) is 62.2 Å². The number of carbonyl (C=O) groups is 2. The summed E-state index contributed by atoms with van der Waals surface area (Å²) in [6.45, 7) is 0.730. The van der Waals surface area contributed by atoms with Crippen LogP contribution in [0, 0.1) is 5.82 Å². The van der Waals surface area contributed by atoms with Crippen LogP contribution in [0.15, 0.2) is 77.3 Å². The van der Waals surface area contributed by atoms with Crippen molar-refractivity contribution >= 4 is 50.4 Å². The number of halogens is 2. The maximum absolute atomic E-state index is 14.0. The number of hydrogen-bond donors (Lipinski definition) is 2. The van der Waals surface area contributed by atoms with Crippen molar-refractivity contribution < 1.29 is 18.7 Å². The average Bonchev–Trinajstić information content (AvgIpc) is 3.34. The van der Waals surface area contributed by atoms with Crippen molar-refractivity contribution in [3.05, 3.63) is 88.6 Å². The van der Waals surface area contributed by atoms with Crippen molar-refractivity contribution in [1.29, 1.82) is 0 Å². The Kier molecular flexibility index (Phi) is 6.99. The number of nitrogens with one attached hydrogen (secondary N) is 2. The van der Waals surface area contributed by atoms with Crippen molar-refractivity contribution in [3.8, 4) is 11.4 Å². The topological polar surface area (TPSA) is 114 Å². The highest BCUT2D eigenvalue weighted by atomic mass is 79.9. The third kappa shape index (κ3) is 5.17. The second kappa shape index (κ2) is 10.9. The molecule has 1 aliphatic heterocycles. The highest BCUT2D eigenvalue weighted by Gasteiger charge is 2.30. The van der Waals surface area contributed by atoms with Gasteiger partial charge >= 0.3 is 6.09 Å². The number of fused-ring (bicyclic) bond motifs is 3. The fraction of sp³-hybridized carbons (Fsp3) is 0.179. The minimum absolute atomic E-state index is 0.0437. The number of rotatable bonds is 5. The summed E-state index contributed by atoms with van der Waals surface area (Å²) >= 11 is 3.55. The van der Waals surface area contributed by atoms with E-state index in [1.807, 2.05) is 48.5 Å². The van der Waals surface area contributed by atoms with E-state index in [1.54, 1.807) is 12.1 Å². The number of anilines is 1. The molecule has 0 saturated carbocycles. The van der Waals surface area contributed by atoms with Gasteiger partial charge in [-0.1, -0.05) is 48.5 Å². The SMILES string of the molecule is O=C1NCCN(C(=O)OCc2ccccc2)C[C@H]1Nc1nc2c(Br)cccc2c2nc(-c3cccc(F)c3)nn12. The van der Waals surface area contributed by atoms with Crippen LogP contribution in [-0.2, 0) is 16.1 Å². The molecule has 202 valence electrons. The van der Waals surface area contributed by atoms with Crippen LogP contribution in [0.3, 0.4) is 0 Å². The van der Waals surface area contributed by atoms with Gasteiger partial charge in [0.05, 0.1) is 12.1 Å². The first kappa shape index (κ1) is 25.7. The molecule has 0 aliphatic carbocycles. The lowest BCUT2D eigenvalue weighted by atomic mass is 10.2. The molecule has 2 amide bonds. The Morgan fingerprint density at radius 2 is 1.93 bits per heavy atom. The van der Waals surface area contributed by atoms with E-state index in [-0.39, 0.29) is 38.1 Å². The summed E-state index contributed by atoms with van der Waals surface area (Å²) in [5.74, 6) is -0.168. The lowest BCUT2D eigenvalue weighted by Crippen LogP contribution is -2.44. The standard InChI is InChI=1S/C28H23BrFN7O3/c29-21-11-5-10-20-23(21)33-27(37-25(20)34-24(35-37)18-8-4-9-19(30)14-18)32-22-15-36(13-12-31-26(22)38)28(39)40-16-17-6-2-1-3-7-17/h1-11,14,22H,12-13,15-16H2,(H,31,38)(H,32,33)/t22-/m1/s1. The summed E-state index contributed by atoms with van der Waals surface area (Å²) in [6.07, 6.45) is -0.527. The number of carbonyl (C=O) groups excluding carboxylic acids is 2. The maximum atomic E-state index is 14.0. The van der Waals surface area contributed by atoms with Crippen LogP contribution in [0.1, 0.15) is 5.56 Å². The number of benzene rings is 3. The zero-order valence-electron chi connectivity index (χ0n) is 21.1. The Balaban J connectivity index is 1.33. The molecular weight excluding hydrogens is 581 g/mol. The lowest BCUT2D eigenvalue weighted by Gasteiger charge is -2.23. The first-order chi connectivity index (χ1) is 19.5. The fourth-order valence-electron chi connectivity index (χ4n) is 4.52. The number of amides is 2. The highest BCUT2D eigenvalue weighted by molar-refractivity contribution is 9.10. The molecule has 3 aromatic carbocycles. The molecule has 3 heterocycles. The average molecular weight is 604 g/mol. The van der Waals surface area contributed by atoms with E-state index in [9.17, 15) is 14.0 Å². The molecule has 0 unspecified atom stereocenters. The molecule has 5 aromatic rings. The monoisotopic (exact) mass is 603 g/mol. The van der Waals surface area contributed by atoms with E-state index >= 15 is 0 Å². The van der Waals surface area contributed by atoms with Crippen molar-refractivity contribution in [3.63, 3.8) is 0 Å².